The lowest BCUT2D eigenvalue weighted by molar-refractivity contribution is -0.119. The summed E-state index contributed by atoms with van der Waals surface area (Å²) in [4.78, 5) is 33.7. The van der Waals surface area contributed by atoms with Gasteiger partial charge in [0.15, 0.2) is 0 Å². The molecule has 1 aromatic carbocycles. The zero-order valence-electron chi connectivity index (χ0n) is 17.6. The van der Waals surface area contributed by atoms with Gasteiger partial charge >= 0.3 is 0 Å². The van der Waals surface area contributed by atoms with Crippen molar-refractivity contribution in [3.05, 3.63) is 58.4 Å². The van der Waals surface area contributed by atoms with Crippen molar-refractivity contribution < 1.29 is 9.59 Å². The second kappa shape index (κ2) is 9.94. The van der Waals surface area contributed by atoms with Crippen LogP contribution in [-0.4, -0.2) is 36.1 Å². The molecule has 1 aliphatic rings. The molecule has 9 nitrogen and oxygen atoms in total. The fourth-order valence-corrected chi connectivity index (χ4v) is 4.45. The average Bonchev–Trinajstić information content (AvgIpc) is 3.20. The molecule has 0 spiro atoms. The third-order valence-electron chi connectivity index (χ3n) is 4.87. The van der Waals surface area contributed by atoms with Crippen LogP contribution in [0.1, 0.15) is 35.3 Å². The number of rotatable bonds is 8. The molecule has 1 aliphatic heterocycles. The van der Waals surface area contributed by atoms with Crippen molar-refractivity contribution in [2.45, 2.75) is 30.0 Å². The number of hydrazone groups is 1. The van der Waals surface area contributed by atoms with Crippen molar-refractivity contribution in [1.29, 1.82) is 5.26 Å². The summed E-state index contributed by atoms with van der Waals surface area (Å²) < 4.78 is 0. The van der Waals surface area contributed by atoms with Gasteiger partial charge in [0.05, 0.1) is 30.8 Å². The quantitative estimate of drug-likeness (QED) is 0.473. The van der Waals surface area contributed by atoms with E-state index in [9.17, 15) is 14.9 Å². The van der Waals surface area contributed by atoms with Gasteiger partial charge in [-0.1, -0.05) is 49.0 Å². The Labute approximate surface area is 190 Å². The summed E-state index contributed by atoms with van der Waals surface area (Å²) in [6.07, 6.45) is 0.610. The number of carbonyl (C=O) groups excluding carboxylic acids is 2. The van der Waals surface area contributed by atoms with Gasteiger partial charge in [-0.3, -0.25) is 9.59 Å². The zero-order valence-corrected chi connectivity index (χ0v) is 18.4. The summed E-state index contributed by atoms with van der Waals surface area (Å²) in [5.41, 5.74) is 10.5. The van der Waals surface area contributed by atoms with Crippen molar-refractivity contribution in [3.63, 3.8) is 0 Å². The highest BCUT2D eigenvalue weighted by atomic mass is 32.2. The van der Waals surface area contributed by atoms with Crippen LogP contribution in [0.25, 0.3) is 4.85 Å². The Balaban J connectivity index is 2.08. The Morgan fingerprint density at radius 3 is 2.69 bits per heavy atom. The molecule has 0 bridgehead atoms. The topological polar surface area (TPSA) is 129 Å². The van der Waals surface area contributed by atoms with Gasteiger partial charge in [-0.2, -0.15) is 10.4 Å². The summed E-state index contributed by atoms with van der Waals surface area (Å²) in [6.45, 7) is 9.84. The lowest BCUT2D eigenvalue weighted by atomic mass is 10.1. The zero-order chi connectivity index (χ0) is 23.3. The lowest BCUT2D eigenvalue weighted by Crippen LogP contribution is -2.26. The van der Waals surface area contributed by atoms with Gasteiger partial charge in [-0.25, -0.2) is 15.3 Å². The summed E-state index contributed by atoms with van der Waals surface area (Å²) in [7, 11) is 1.74. The Kier molecular flexibility index (Phi) is 7.08. The van der Waals surface area contributed by atoms with E-state index < -0.39 is 11.2 Å². The van der Waals surface area contributed by atoms with E-state index in [0.717, 1.165) is 11.8 Å². The molecule has 0 saturated heterocycles. The lowest BCUT2D eigenvalue weighted by Gasteiger charge is -2.23. The normalized spacial score (nSPS) is 13.5. The third-order valence-corrected chi connectivity index (χ3v) is 6.13. The Hall–Kier alpha value is -3.89. The average molecular weight is 448 g/mol. The largest absolute Gasteiger partial charge is 0.368 e. The van der Waals surface area contributed by atoms with Gasteiger partial charge in [0.2, 0.25) is 17.5 Å². The van der Waals surface area contributed by atoms with E-state index in [2.05, 4.69) is 26.4 Å². The number of amides is 2. The number of nitrogens with one attached hydrogen (secondary N) is 1. The monoisotopic (exact) mass is 447 g/mol. The first-order valence-corrected chi connectivity index (χ1v) is 10.7. The molecule has 10 heteroatoms. The van der Waals surface area contributed by atoms with Crippen LogP contribution in [0, 0.1) is 17.9 Å². The maximum Gasteiger partial charge on any atom is 0.245 e. The smallest absolute Gasteiger partial charge is 0.245 e. The molecule has 1 unspecified atom stereocenters. The van der Waals surface area contributed by atoms with Gasteiger partial charge in [-0.05, 0) is 17.5 Å². The predicted octanol–water partition coefficient (Wildman–Crippen LogP) is 2.70. The van der Waals surface area contributed by atoms with E-state index >= 15 is 0 Å². The number of carbonyl (C=O) groups is 2. The van der Waals surface area contributed by atoms with Crippen LogP contribution < -0.4 is 16.1 Å². The molecule has 3 N–H and O–H groups in total. The first-order valence-electron chi connectivity index (χ1n) is 9.80. The van der Waals surface area contributed by atoms with Gasteiger partial charge in [0.1, 0.15) is 22.2 Å². The highest BCUT2D eigenvalue weighted by molar-refractivity contribution is 8.00. The SMILES string of the molecule is [C-]#[N+]c1c(N(C)CC2=NNC(=O)C2)nc(SC(C(N)=O)c2ccccc2)c(C#N)c1CC. The number of pyridine rings is 1. The van der Waals surface area contributed by atoms with Crippen molar-refractivity contribution in [1.82, 2.24) is 10.4 Å². The molecule has 1 aromatic heterocycles. The van der Waals surface area contributed by atoms with Crippen LogP contribution in [0.4, 0.5) is 11.5 Å². The summed E-state index contributed by atoms with van der Waals surface area (Å²) >= 11 is 1.09. The molecular weight excluding hydrogens is 426 g/mol. The number of anilines is 1. The van der Waals surface area contributed by atoms with E-state index in [1.54, 1.807) is 36.2 Å². The van der Waals surface area contributed by atoms with Crippen LogP contribution in [0.3, 0.4) is 0 Å². The maximum absolute atomic E-state index is 12.2. The molecule has 1 atom stereocenters. The van der Waals surface area contributed by atoms with E-state index in [0.29, 0.717) is 34.1 Å². The minimum absolute atomic E-state index is 0.175. The van der Waals surface area contributed by atoms with Crippen molar-refractivity contribution in [3.8, 4) is 6.07 Å². The minimum atomic E-state index is -0.751. The Morgan fingerprint density at radius 2 is 2.16 bits per heavy atom. The minimum Gasteiger partial charge on any atom is -0.368 e. The number of aromatic nitrogens is 1. The number of hydrogen-bond acceptors (Lipinski definition) is 7. The maximum atomic E-state index is 12.2. The Bertz CT molecular complexity index is 1170. The second-order valence-corrected chi connectivity index (χ2v) is 8.17. The highest BCUT2D eigenvalue weighted by Crippen LogP contribution is 2.42. The van der Waals surface area contributed by atoms with Crippen molar-refractivity contribution in [2.24, 2.45) is 10.8 Å². The van der Waals surface area contributed by atoms with Crippen LogP contribution in [0.15, 0.2) is 40.5 Å². The number of nitriles is 1. The number of benzene rings is 1. The molecule has 0 fully saturated rings. The van der Waals surface area contributed by atoms with Crippen LogP contribution >= 0.6 is 11.8 Å². The summed E-state index contributed by atoms with van der Waals surface area (Å²) in [5, 5.41) is 13.4. The third kappa shape index (κ3) is 4.71. The van der Waals surface area contributed by atoms with Crippen LogP contribution in [0.2, 0.25) is 0 Å². The molecule has 3 rings (SSSR count). The number of thioether (sulfide) groups is 1. The molecule has 2 heterocycles. The molecule has 2 amide bonds. The molecule has 162 valence electrons. The molecule has 0 radical (unpaired) electrons. The van der Waals surface area contributed by atoms with E-state index in [4.69, 9.17) is 12.3 Å². The molecule has 32 heavy (non-hydrogen) atoms. The standard InChI is InChI=1S/C22H21N7O2S/c1-4-15-16(11-23)22(32-19(20(24)31)13-8-6-5-7-9-13)26-21(18(15)25-2)29(3)12-14-10-17(30)28-27-14/h5-9,19H,4,10,12H2,1,3H3,(H2,24,31)(H,28,30). The van der Waals surface area contributed by atoms with Gasteiger partial charge < -0.3 is 10.6 Å². The van der Waals surface area contributed by atoms with Crippen molar-refractivity contribution in [2.75, 3.05) is 18.5 Å². The second-order valence-electron chi connectivity index (χ2n) is 7.08. The van der Waals surface area contributed by atoms with E-state index in [1.807, 2.05) is 13.0 Å². The Morgan fingerprint density at radius 1 is 1.44 bits per heavy atom. The fourth-order valence-electron chi connectivity index (χ4n) is 3.39. The molecule has 2 aromatic rings. The number of nitrogens with two attached hydrogens (primary N) is 1. The molecule has 0 aliphatic carbocycles. The predicted molar refractivity (Wildman–Crippen MR) is 122 cm³/mol. The van der Waals surface area contributed by atoms with Gasteiger partial charge in [0.25, 0.3) is 0 Å². The first kappa shape index (κ1) is 22.8. The highest BCUT2D eigenvalue weighted by Gasteiger charge is 2.27. The first-order chi connectivity index (χ1) is 15.4. The number of nitrogens with zero attached hydrogens (tertiary/aromatic N) is 5. The van der Waals surface area contributed by atoms with E-state index in [-0.39, 0.29) is 30.1 Å². The number of primary amides is 1. The molecular formula is C22H21N7O2S. The van der Waals surface area contributed by atoms with Crippen LogP contribution in [0.5, 0.6) is 0 Å². The summed E-state index contributed by atoms with van der Waals surface area (Å²) in [6, 6.07) is 11.2. The van der Waals surface area contributed by atoms with Gasteiger partial charge in [-0.15, -0.1) is 0 Å². The fraction of sp³-hybridized carbons (Fsp3) is 0.273. The number of hydrogen-bond donors (Lipinski definition) is 2. The van der Waals surface area contributed by atoms with Crippen molar-refractivity contribution >= 4 is 40.8 Å². The van der Waals surface area contributed by atoms with Crippen LogP contribution in [-0.2, 0) is 16.0 Å². The van der Waals surface area contributed by atoms with E-state index in [1.165, 1.54) is 0 Å². The van der Waals surface area contributed by atoms with Gasteiger partial charge in [0, 0.05) is 7.05 Å². The summed E-state index contributed by atoms with van der Waals surface area (Å²) in [5.74, 6) is -0.389. The molecule has 0 saturated carbocycles.